The summed E-state index contributed by atoms with van der Waals surface area (Å²) in [6.45, 7) is 9.64. The molecule has 0 aliphatic heterocycles. The molecule has 2 aromatic carbocycles. The molecule has 146 valence electrons. The van der Waals surface area contributed by atoms with Crippen LogP contribution in [0.5, 0.6) is 5.75 Å². The Morgan fingerprint density at radius 3 is 2.15 bits per heavy atom. The predicted octanol–water partition coefficient (Wildman–Crippen LogP) is 7.83. The van der Waals surface area contributed by atoms with Crippen LogP contribution in [0, 0.1) is 19.8 Å². The molecule has 27 heavy (non-hydrogen) atoms. The number of hydrogen-bond acceptors (Lipinski definition) is 1. The zero-order chi connectivity index (χ0) is 19.2. The summed E-state index contributed by atoms with van der Waals surface area (Å²) < 4.78 is 5.88. The molecule has 0 heterocycles. The van der Waals surface area contributed by atoms with Gasteiger partial charge in [-0.15, -0.1) is 0 Å². The minimum absolute atomic E-state index is 0.764. The van der Waals surface area contributed by atoms with Crippen molar-refractivity contribution in [2.24, 2.45) is 5.92 Å². The Balaban J connectivity index is 1.71. The predicted molar refractivity (Wildman–Crippen MR) is 117 cm³/mol. The molecule has 0 bridgehead atoms. The van der Waals surface area contributed by atoms with Crippen LogP contribution >= 0.6 is 0 Å². The maximum atomic E-state index is 5.88. The van der Waals surface area contributed by atoms with Crippen LogP contribution in [-0.2, 0) is 0 Å². The lowest BCUT2D eigenvalue weighted by Gasteiger charge is -2.28. The van der Waals surface area contributed by atoms with Crippen molar-refractivity contribution in [1.29, 1.82) is 0 Å². The van der Waals surface area contributed by atoms with E-state index in [1.54, 1.807) is 0 Å². The molecule has 0 aromatic heterocycles. The normalized spacial score (nSPS) is 19.9. The molecule has 0 spiro atoms. The Bertz CT molecular complexity index is 721. The van der Waals surface area contributed by atoms with Gasteiger partial charge in [0.05, 0.1) is 6.61 Å². The van der Waals surface area contributed by atoms with Crippen LogP contribution in [0.3, 0.4) is 0 Å². The van der Waals surface area contributed by atoms with Gasteiger partial charge >= 0.3 is 0 Å². The van der Waals surface area contributed by atoms with Crippen molar-refractivity contribution < 1.29 is 4.74 Å². The summed E-state index contributed by atoms with van der Waals surface area (Å²) in [6, 6.07) is 13.7. The Morgan fingerprint density at radius 2 is 1.52 bits per heavy atom. The van der Waals surface area contributed by atoms with Crippen LogP contribution in [0.1, 0.15) is 81.4 Å². The summed E-state index contributed by atoms with van der Waals surface area (Å²) in [5, 5.41) is 0. The third-order valence-corrected chi connectivity index (χ3v) is 6.44. The first-order valence-electron chi connectivity index (χ1n) is 11.0. The van der Waals surface area contributed by atoms with Crippen molar-refractivity contribution in [3.8, 4) is 16.9 Å². The van der Waals surface area contributed by atoms with Gasteiger partial charge in [-0.3, -0.25) is 0 Å². The van der Waals surface area contributed by atoms with E-state index in [-0.39, 0.29) is 0 Å². The topological polar surface area (TPSA) is 9.23 Å². The van der Waals surface area contributed by atoms with Crippen molar-refractivity contribution in [3.05, 3.63) is 53.1 Å². The lowest BCUT2D eigenvalue weighted by Crippen LogP contribution is -2.13. The molecule has 0 radical (unpaired) electrons. The molecular weight excluding hydrogens is 328 g/mol. The van der Waals surface area contributed by atoms with Gasteiger partial charge in [-0.1, -0.05) is 57.0 Å². The number of benzene rings is 2. The van der Waals surface area contributed by atoms with Gasteiger partial charge in [-0.2, -0.15) is 0 Å². The lowest BCUT2D eigenvalue weighted by molar-refractivity contribution is 0.308. The Kier molecular flexibility index (Phi) is 6.99. The van der Waals surface area contributed by atoms with E-state index in [0.717, 1.165) is 30.6 Å². The number of hydrogen-bond donors (Lipinski definition) is 0. The average Bonchev–Trinajstić information content (AvgIpc) is 2.70. The van der Waals surface area contributed by atoms with Gasteiger partial charge in [0.15, 0.2) is 0 Å². The first-order valence-corrected chi connectivity index (χ1v) is 11.0. The zero-order valence-electron chi connectivity index (χ0n) is 17.7. The standard InChI is InChI=1S/C26H36O/c1-5-7-21-8-10-22(11-9-21)23-12-14-24(15-13-23)25-16-17-26(27-18-6-2)20(4)19(25)3/h12-17,21-22H,5-11,18H2,1-4H3. The van der Waals surface area contributed by atoms with E-state index in [1.165, 1.54) is 66.3 Å². The molecule has 1 saturated carbocycles. The van der Waals surface area contributed by atoms with E-state index in [2.05, 4.69) is 64.1 Å². The molecule has 0 atom stereocenters. The largest absolute Gasteiger partial charge is 0.493 e. The maximum Gasteiger partial charge on any atom is 0.122 e. The number of ether oxygens (including phenoxy) is 1. The van der Waals surface area contributed by atoms with Gasteiger partial charge < -0.3 is 4.74 Å². The third kappa shape index (κ3) is 4.75. The molecule has 2 aromatic rings. The molecule has 1 fully saturated rings. The van der Waals surface area contributed by atoms with Crippen LogP contribution in [-0.4, -0.2) is 6.61 Å². The second-order valence-electron chi connectivity index (χ2n) is 8.34. The monoisotopic (exact) mass is 364 g/mol. The van der Waals surface area contributed by atoms with Crippen molar-refractivity contribution >= 4 is 0 Å². The molecule has 3 rings (SSSR count). The SMILES string of the molecule is CCCOc1ccc(-c2ccc(C3CCC(CCC)CC3)cc2)c(C)c1C. The van der Waals surface area contributed by atoms with Crippen molar-refractivity contribution in [2.75, 3.05) is 6.61 Å². The minimum atomic E-state index is 0.764. The van der Waals surface area contributed by atoms with Crippen LogP contribution in [0.25, 0.3) is 11.1 Å². The van der Waals surface area contributed by atoms with E-state index in [9.17, 15) is 0 Å². The molecule has 0 N–H and O–H groups in total. The summed E-state index contributed by atoms with van der Waals surface area (Å²) >= 11 is 0. The first-order chi connectivity index (χ1) is 13.1. The maximum absolute atomic E-state index is 5.88. The van der Waals surface area contributed by atoms with Crippen LogP contribution in [0.4, 0.5) is 0 Å². The highest BCUT2D eigenvalue weighted by Crippen LogP contribution is 2.38. The summed E-state index contributed by atoms with van der Waals surface area (Å²) in [6.07, 6.45) is 9.36. The molecule has 0 amide bonds. The Labute approximate surface area is 166 Å². The summed E-state index contributed by atoms with van der Waals surface area (Å²) in [5.41, 5.74) is 6.78. The Hall–Kier alpha value is -1.76. The van der Waals surface area contributed by atoms with Gasteiger partial charge in [0, 0.05) is 0 Å². The fourth-order valence-corrected chi connectivity index (χ4v) is 4.60. The third-order valence-electron chi connectivity index (χ3n) is 6.44. The van der Waals surface area contributed by atoms with Crippen LogP contribution < -0.4 is 4.74 Å². The van der Waals surface area contributed by atoms with E-state index in [1.807, 2.05) is 0 Å². The van der Waals surface area contributed by atoms with Gasteiger partial charge in [0.25, 0.3) is 0 Å². The van der Waals surface area contributed by atoms with E-state index < -0.39 is 0 Å². The summed E-state index contributed by atoms with van der Waals surface area (Å²) in [7, 11) is 0. The lowest BCUT2D eigenvalue weighted by atomic mass is 9.77. The summed E-state index contributed by atoms with van der Waals surface area (Å²) in [4.78, 5) is 0. The molecule has 0 unspecified atom stereocenters. The van der Waals surface area contributed by atoms with E-state index in [0.29, 0.717) is 0 Å². The van der Waals surface area contributed by atoms with Crippen molar-refractivity contribution in [3.63, 3.8) is 0 Å². The Morgan fingerprint density at radius 1 is 0.815 bits per heavy atom. The van der Waals surface area contributed by atoms with Gasteiger partial charge in [0.1, 0.15) is 5.75 Å². The second kappa shape index (κ2) is 9.44. The fraction of sp³-hybridized carbons (Fsp3) is 0.538. The van der Waals surface area contributed by atoms with Crippen LogP contribution in [0.2, 0.25) is 0 Å². The quantitative estimate of drug-likeness (QED) is 0.486. The fourth-order valence-electron chi connectivity index (χ4n) is 4.60. The highest BCUT2D eigenvalue weighted by atomic mass is 16.5. The average molecular weight is 365 g/mol. The molecule has 0 saturated heterocycles. The van der Waals surface area contributed by atoms with E-state index in [4.69, 9.17) is 4.74 Å². The molecule has 1 aliphatic rings. The van der Waals surface area contributed by atoms with E-state index >= 15 is 0 Å². The first kappa shape index (κ1) is 20.0. The molecule has 1 nitrogen and oxygen atoms in total. The van der Waals surface area contributed by atoms with Gasteiger partial charge in [-0.25, -0.2) is 0 Å². The molecule has 1 heteroatoms. The second-order valence-corrected chi connectivity index (χ2v) is 8.34. The highest BCUT2D eigenvalue weighted by Gasteiger charge is 2.21. The van der Waals surface area contributed by atoms with Crippen molar-refractivity contribution in [1.82, 2.24) is 0 Å². The smallest absolute Gasteiger partial charge is 0.122 e. The summed E-state index contributed by atoms with van der Waals surface area (Å²) in [5.74, 6) is 2.77. The van der Waals surface area contributed by atoms with Crippen LogP contribution in [0.15, 0.2) is 36.4 Å². The zero-order valence-corrected chi connectivity index (χ0v) is 17.7. The van der Waals surface area contributed by atoms with Gasteiger partial charge in [0.2, 0.25) is 0 Å². The number of rotatable bonds is 7. The highest BCUT2D eigenvalue weighted by molar-refractivity contribution is 5.70. The molecule has 1 aliphatic carbocycles. The van der Waals surface area contributed by atoms with Gasteiger partial charge in [-0.05, 0) is 91.7 Å². The minimum Gasteiger partial charge on any atom is -0.493 e. The molecular formula is C26H36O. The van der Waals surface area contributed by atoms with Crippen molar-refractivity contribution in [2.45, 2.75) is 78.6 Å².